The number of carbonyl (C=O) groups is 3. The molecular weight excluding hydrogens is 320 g/mol. The molecule has 2 aliphatic rings. The molecule has 0 bridgehead atoms. The summed E-state index contributed by atoms with van der Waals surface area (Å²) >= 11 is 0. The van der Waals surface area contributed by atoms with Crippen LogP contribution in [-0.4, -0.2) is 48.9 Å². The Morgan fingerprint density at radius 3 is 2.44 bits per heavy atom. The molecule has 1 aromatic carbocycles. The van der Waals surface area contributed by atoms with Crippen molar-refractivity contribution in [3.8, 4) is 0 Å². The number of anilines is 1. The zero-order valence-corrected chi connectivity index (χ0v) is 14.5. The zero-order valence-electron chi connectivity index (χ0n) is 14.5. The van der Waals surface area contributed by atoms with Gasteiger partial charge in [0.25, 0.3) is 0 Å². The number of likely N-dealkylation sites (tertiary alicyclic amines) is 1. The largest absolute Gasteiger partial charge is 0.466 e. The molecule has 2 fully saturated rings. The summed E-state index contributed by atoms with van der Waals surface area (Å²) in [5, 5.41) is 0. The van der Waals surface area contributed by atoms with Gasteiger partial charge in [0.15, 0.2) is 0 Å². The summed E-state index contributed by atoms with van der Waals surface area (Å²) in [5.74, 6) is -0.567. The first-order valence-corrected chi connectivity index (χ1v) is 8.91. The van der Waals surface area contributed by atoms with E-state index in [2.05, 4.69) is 0 Å². The lowest BCUT2D eigenvalue weighted by molar-refractivity contribution is -0.151. The first-order chi connectivity index (χ1) is 12.1. The molecule has 0 aromatic heterocycles. The van der Waals surface area contributed by atoms with Gasteiger partial charge in [-0.1, -0.05) is 18.2 Å². The van der Waals surface area contributed by atoms with E-state index in [4.69, 9.17) is 4.74 Å². The van der Waals surface area contributed by atoms with Crippen molar-refractivity contribution >= 4 is 23.5 Å². The van der Waals surface area contributed by atoms with Crippen molar-refractivity contribution in [3.05, 3.63) is 30.3 Å². The quantitative estimate of drug-likeness (QED) is 0.782. The number of hydrogen-bond donors (Lipinski definition) is 0. The van der Waals surface area contributed by atoms with Crippen LogP contribution >= 0.6 is 0 Å². The van der Waals surface area contributed by atoms with Gasteiger partial charge < -0.3 is 14.5 Å². The number of benzene rings is 1. The molecule has 1 unspecified atom stereocenters. The number of ether oxygens (including phenoxy) is 1. The average Bonchev–Trinajstić information content (AvgIpc) is 3.04. The maximum atomic E-state index is 12.8. The maximum absolute atomic E-state index is 12.8. The van der Waals surface area contributed by atoms with Crippen LogP contribution in [0.4, 0.5) is 5.69 Å². The van der Waals surface area contributed by atoms with Crippen molar-refractivity contribution < 1.29 is 19.1 Å². The van der Waals surface area contributed by atoms with Crippen LogP contribution in [0, 0.1) is 11.8 Å². The van der Waals surface area contributed by atoms with Crippen LogP contribution in [0.2, 0.25) is 0 Å². The van der Waals surface area contributed by atoms with Crippen molar-refractivity contribution in [1.29, 1.82) is 0 Å². The molecule has 134 valence electrons. The van der Waals surface area contributed by atoms with Gasteiger partial charge in [0.2, 0.25) is 11.8 Å². The molecule has 2 amide bonds. The van der Waals surface area contributed by atoms with Gasteiger partial charge in [-0.05, 0) is 31.9 Å². The average molecular weight is 344 g/mol. The van der Waals surface area contributed by atoms with Gasteiger partial charge in [-0.25, -0.2) is 0 Å². The fraction of sp³-hybridized carbons (Fsp3) is 0.526. The van der Waals surface area contributed by atoms with Crippen LogP contribution in [0.5, 0.6) is 0 Å². The molecule has 0 saturated carbocycles. The van der Waals surface area contributed by atoms with E-state index in [0.717, 1.165) is 5.69 Å². The van der Waals surface area contributed by atoms with Crippen molar-refractivity contribution in [2.45, 2.75) is 26.2 Å². The minimum Gasteiger partial charge on any atom is -0.466 e. The van der Waals surface area contributed by atoms with Gasteiger partial charge in [-0.15, -0.1) is 0 Å². The molecule has 1 atom stereocenters. The zero-order chi connectivity index (χ0) is 17.8. The Balaban J connectivity index is 1.56. The first kappa shape index (κ1) is 17.5. The van der Waals surface area contributed by atoms with Crippen molar-refractivity contribution in [1.82, 2.24) is 4.90 Å². The van der Waals surface area contributed by atoms with Gasteiger partial charge in [-0.2, -0.15) is 0 Å². The Morgan fingerprint density at radius 1 is 1.12 bits per heavy atom. The Kier molecular flexibility index (Phi) is 5.36. The molecule has 2 saturated heterocycles. The van der Waals surface area contributed by atoms with Gasteiger partial charge in [-0.3, -0.25) is 14.4 Å². The molecule has 0 radical (unpaired) electrons. The highest BCUT2D eigenvalue weighted by molar-refractivity contribution is 6.00. The second-order valence-corrected chi connectivity index (χ2v) is 6.59. The number of nitrogens with zero attached hydrogens (tertiary/aromatic N) is 2. The van der Waals surface area contributed by atoms with E-state index in [1.165, 1.54) is 0 Å². The molecule has 3 rings (SSSR count). The molecule has 0 spiro atoms. The van der Waals surface area contributed by atoms with Crippen LogP contribution in [0.25, 0.3) is 0 Å². The smallest absolute Gasteiger partial charge is 0.309 e. The minimum atomic E-state index is -0.299. The highest BCUT2D eigenvalue weighted by Crippen LogP contribution is 2.28. The highest BCUT2D eigenvalue weighted by atomic mass is 16.5. The Morgan fingerprint density at radius 2 is 1.80 bits per heavy atom. The fourth-order valence-electron chi connectivity index (χ4n) is 3.58. The van der Waals surface area contributed by atoms with E-state index in [1.807, 2.05) is 30.3 Å². The molecule has 1 aromatic rings. The lowest BCUT2D eigenvalue weighted by Crippen LogP contribution is -2.44. The summed E-state index contributed by atoms with van der Waals surface area (Å²) in [6, 6.07) is 9.45. The molecule has 2 heterocycles. The predicted octanol–water partition coefficient (Wildman–Crippen LogP) is 1.84. The van der Waals surface area contributed by atoms with E-state index in [0.29, 0.717) is 39.1 Å². The first-order valence-electron chi connectivity index (χ1n) is 8.91. The van der Waals surface area contributed by atoms with Crippen LogP contribution < -0.4 is 4.90 Å². The number of piperidine rings is 1. The highest BCUT2D eigenvalue weighted by Gasteiger charge is 2.38. The topological polar surface area (TPSA) is 66.9 Å². The minimum absolute atomic E-state index is 0.00837. The third kappa shape index (κ3) is 3.83. The monoisotopic (exact) mass is 344 g/mol. The van der Waals surface area contributed by atoms with E-state index in [1.54, 1.807) is 16.7 Å². The molecule has 0 N–H and O–H groups in total. The summed E-state index contributed by atoms with van der Waals surface area (Å²) in [6.45, 7) is 3.72. The SMILES string of the molecule is CCOC(=O)C1CCN(C(=O)C2CC(=O)N(c3ccccc3)C2)CC1. The standard InChI is InChI=1S/C19H24N2O4/c1-2-25-19(24)14-8-10-20(11-9-14)18(23)15-12-17(22)21(13-15)16-6-4-3-5-7-16/h3-7,14-15H,2,8-13H2,1H3. The summed E-state index contributed by atoms with van der Waals surface area (Å²) in [7, 11) is 0. The van der Waals surface area contributed by atoms with Crippen LogP contribution in [0.3, 0.4) is 0 Å². The van der Waals surface area contributed by atoms with Crippen molar-refractivity contribution in [3.63, 3.8) is 0 Å². The van der Waals surface area contributed by atoms with Gasteiger partial charge in [0.1, 0.15) is 0 Å². The second-order valence-electron chi connectivity index (χ2n) is 6.59. The fourth-order valence-corrected chi connectivity index (χ4v) is 3.58. The van der Waals surface area contributed by atoms with Crippen molar-refractivity contribution in [2.75, 3.05) is 31.1 Å². The summed E-state index contributed by atoms with van der Waals surface area (Å²) in [5.41, 5.74) is 0.837. The van der Waals surface area contributed by atoms with Gasteiger partial charge >= 0.3 is 5.97 Å². The van der Waals surface area contributed by atoms with Crippen LogP contribution in [0.1, 0.15) is 26.2 Å². The van der Waals surface area contributed by atoms with E-state index in [9.17, 15) is 14.4 Å². The molecule has 6 heteroatoms. The van der Waals surface area contributed by atoms with Crippen LogP contribution in [0.15, 0.2) is 30.3 Å². The lowest BCUT2D eigenvalue weighted by atomic mass is 9.95. The predicted molar refractivity (Wildman–Crippen MR) is 92.8 cm³/mol. The van der Waals surface area contributed by atoms with E-state index < -0.39 is 0 Å². The summed E-state index contributed by atoms with van der Waals surface area (Å²) in [6.07, 6.45) is 1.52. The Bertz CT molecular complexity index is 638. The lowest BCUT2D eigenvalue weighted by Gasteiger charge is -2.32. The maximum Gasteiger partial charge on any atom is 0.309 e. The molecular formula is C19H24N2O4. The molecule has 25 heavy (non-hydrogen) atoms. The second kappa shape index (κ2) is 7.68. The van der Waals surface area contributed by atoms with Gasteiger partial charge in [0, 0.05) is 31.7 Å². The van der Waals surface area contributed by atoms with E-state index >= 15 is 0 Å². The third-order valence-electron chi connectivity index (χ3n) is 4.97. The van der Waals surface area contributed by atoms with Crippen molar-refractivity contribution in [2.24, 2.45) is 11.8 Å². The summed E-state index contributed by atoms with van der Waals surface area (Å²) in [4.78, 5) is 40.3. The van der Waals surface area contributed by atoms with Gasteiger partial charge in [0.05, 0.1) is 18.4 Å². The number of esters is 1. The number of rotatable bonds is 4. The number of amides is 2. The Hall–Kier alpha value is -2.37. The number of hydrogen-bond acceptors (Lipinski definition) is 4. The molecule has 2 aliphatic heterocycles. The molecule has 0 aliphatic carbocycles. The van der Waals surface area contributed by atoms with Crippen LogP contribution in [-0.2, 0) is 19.1 Å². The number of para-hydroxylation sites is 1. The molecule has 6 nitrogen and oxygen atoms in total. The normalized spacial score (nSPS) is 21.5. The Labute approximate surface area is 147 Å². The summed E-state index contributed by atoms with van der Waals surface area (Å²) < 4.78 is 5.06. The third-order valence-corrected chi connectivity index (χ3v) is 4.97. The number of carbonyl (C=O) groups excluding carboxylic acids is 3. The van der Waals surface area contributed by atoms with E-state index in [-0.39, 0.29) is 36.0 Å².